The SMILES string of the molecule is CC(C)CC1OC(=O)C(Cl)[C@H]1CCl. The molecule has 1 heterocycles. The molecule has 0 radical (unpaired) electrons. The van der Waals surface area contributed by atoms with Gasteiger partial charge in [-0.15, -0.1) is 23.2 Å². The van der Waals surface area contributed by atoms with Crippen LogP contribution in [0.25, 0.3) is 0 Å². The fraction of sp³-hybridized carbons (Fsp3) is 0.889. The van der Waals surface area contributed by atoms with Gasteiger partial charge in [0.25, 0.3) is 0 Å². The number of cyclic esters (lactones) is 1. The molecule has 0 amide bonds. The summed E-state index contributed by atoms with van der Waals surface area (Å²) in [5.41, 5.74) is 0. The van der Waals surface area contributed by atoms with Crippen LogP contribution in [0.2, 0.25) is 0 Å². The molecule has 1 aliphatic rings. The summed E-state index contributed by atoms with van der Waals surface area (Å²) in [4.78, 5) is 11.1. The molecule has 0 spiro atoms. The van der Waals surface area contributed by atoms with Gasteiger partial charge < -0.3 is 4.74 Å². The lowest BCUT2D eigenvalue weighted by atomic mass is 9.95. The van der Waals surface area contributed by atoms with Crippen molar-refractivity contribution in [2.45, 2.75) is 31.7 Å². The monoisotopic (exact) mass is 224 g/mol. The van der Waals surface area contributed by atoms with Gasteiger partial charge in [0.2, 0.25) is 0 Å². The Labute approximate surface area is 88.5 Å². The lowest BCUT2D eigenvalue weighted by Crippen LogP contribution is -2.24. The van der Waals surface area contributed by atoms with E-state index in [1.807, 2.05) is 0 Å². The summed E-state index contributed by atoms with van der Waals surface area (Å²) >= 11 is 11.6. The Balaban J connectivity index is 2.59. The van der Waals surface area contributed by atoms with Gasteiger partial charge in [0.05, 0.1) is 0 Å². The van der Waals surface area contributed by atoms with Gasteiger partial charge in [0.15, 0.2) is 0 Å². The summed E-state index contributed by atoms with van der Waals surface area (Å²) in [6.45, 7) is 4.17. The molecule has 3 atom stereocenters. The number of ether oxygens (including phenoxy) is 1. The second-order valence-corrected chi connectivity index (χ2v) is 4.60. The predicted octanol–water partition coefficient (Wildman–Crippen LogP) is 2.42. The van der Waals surface area contributed by atoms with Crippen molar-refractivity contribution in [2.75, 3.05) is 5.88 Å². The van der Waals surface area contributed by atoms with E-state index in [2.05, 4.69) is 13.8 Å². The van der Waals surface area contributed by atoms with Crippen LogP contribution in [0.5, 0.6) is 0 Å². The Bertz CT molecular complexity index is 194. The minimum Gasteiger partial charge on any atom is -0.461 e. The lowest BCUT2D eigenvalue weighted by molar-refractivity contribution is -0.141. The number of rotatable bonds is 3. The molecule has 0 aromatic carbocycles. The van der Waals surface area contributed by atoms with Crippen LogP contribution < -0.4 is 0 Å². The molecule has 0 aromatic rings. The van der Waals surface area contributed by atoms with E-state index in [1.165, 1.54) is 0 Å². The van der Waals surface area contributed by atoms with Crippen molar-refractivity contribution in [3.8, 4) is 0 Å². The Morgan fingerprint density at radius 1 is 1.54 bits per heavy atom. The van der Waals surface area contributed by atoms with Crippen molar-refractivity contribution in [3.63, 3.8) is 0 Å². The van der Waals surface area contributed by atoms with Gasteiger partial charge in [-0.05, 0) is 12.3 Å². The van der Waals surface area contributed by atoms with Crippen LogP contribution in [0.3, 0.4) is 0 Å². The maximum atomic E-state index is 11.1. The van der Waals surface area contributed by atoms with Crippen LogP contribution >= 0.6 is 23.2 Å². The molecule has 0 saturated carbocycles. The highest BCUT2D eigenvalue weighted by atomic mass is 35.5. The Hall–Kier alpha value is 0.0500. The standard InChI is InChI=1S/C9H14Cl2O2/c1-5(2)3-7-6(4-10)8(11)9(12)13-7/h5-8H,3-4H2,1-2H3/t6-,7?,8?/m0/s1. The number of halogens is 2. The second kappa shape index (κ2) is 4.52. The molecule has 76 valence electrons. The maximum absolute atomic E-state index is 11.1. The first-order valence-electron chi connectivity index (χ1n) is 4.46. The van der Waals surface area contributed by atoms with Gasteiger partial charge in [-0.3, -0.25) is 4.79 Å². The molecule has 1 rings (SSSR count). The third-order valence-electron chi connectivity index (χ3n) is 2.23. The van der Waals surface area contributed by atoms with E-state index in [-0.39, 0.29) is 18.0 Å². The molecule has 0 bridgehead atoms. The highest BCUT2D eigenvalue weighted by Gasteiger charge is 2.42. The topological polar surface area (TPSA) is 26.3 Å². The average molecular weight is 225 g/mol. The minimum absolute atomic E-state index is 0.0294. The van der Waals surface area contributed by atoms with E-state index in [0.717, 1.165) is 6.42 Å². The highest BCUT2D eigenvalue weighted by molar-refractivity contribution is 6.31. The van der Waals surface area contributed by atoms with Crippen molar-refractivity contribution in [2.24, 2.45) is 11.8 Å². The average Bonchev–Trinajstić information content (AvgIpc) is 2.27. The zero-order chi connectivity index (χ0) is 10.0. The number of carbonyl (C=O) groups is 1. The van der Waals surface area contributed by atoms with Crippen LogP contribution in [-0.2, 0) is 9.53 Å². The first kappa shape index (κ1) is 11.1. The summed E-state index contributed by atoms with van der Waals surface area (Å²) < 4.78 is 5.13. The van der Waals surface area contributed by atoms with Gasteiger partial charge in [-0.25, -0.2) is 0 Å². The van der Waals surface area contributed by atoms with Gasteiger partial charge in [0.1, 0.15) is 11.5 Å². The van der Waals surface area contributed by atoms with E-state index in [0.29, 0.717) is 11.8 Å². The lowest BCUT2D eigenvalue weighted by Gasteiger charge is -2.17. The molecular formula is C9H14Cl2O2. The van der Waals surface area contributed by atoms with Crippen molar-refractivity contribution in [3.05, 3.63) is 0 Å². The van der Waals surface area contributed by atoms with Crippen LogP contribution in [0.4, 0.5) is 0 Å². The molecule has 1 saturated heterocycles. The first-order valence-corrected chi connectivity index (χ1v) is 5.44. The smallest absolute Gasteiger partial charge is 0.324 e. The second-order valence-electron chi connectivity index (χ2n) is 3.82. The highest BCUT2D eigenvalue weighted by Crippen LogP contribution is 2.31. The molecule has 1 aliphatic heterocycles. The van der Waals surface area contributed by atoms with Crippen LogP contribution in [0.1, 0.15) is 20.3 Å². The molecule has 4 heteroatoms. The zero-order valence-electron chi connectivity index (χ0n) is 7.80. The molecule has 1 fully saturated rings. The largest absolute Gasteiger partial charge is 0.461 e. The van der Waals surface area contributed by atoms with Gasteiger partial charge in [-0.1, -0.05) is 13.8 Å². The van der Waals surface area contributed by atoms with E-state index >= 15 is 0 Å². The summed E-state index contributed by atoms with van der Waals surface area (Å²) in [6.07, 6.45) is 0.749. The molecule has 0 aliphatic carbocycles. The van der Waals surface area contributed by atoms with E-state index in [9.17, 15) is 4.79 Å². The summed E-state index contributed by atoms with van der Waals surface area (Å²) in [5.74, 6) is 0.527. The van der Waals surface area contributed by atoms with Gasteiger partial charge in [0, 0.05) is 11.8 Å². The van der Waals surface area contributed by atoms with Crippen LogP contribution in [0.15, 0.2) is 0 Å². The van der Waals surface area contributed by atoms with Crippen molar-refractivity contribution in [1.29, 1.82) is 0 Å². The third-order valence-corrected chi connectivity index (χ3v) is 3.09. The minimum atomic E-state index is -0.554. The van der Waals surface area contributed by atoms with E-state index in [1.54, 1.807) is 0 Å². The van der Waals surface area contributed by atoms with Crippen molar-refractivity contribution >= 4 is 29.2 Å². The quantitative estimate of drug-likeness (QED) is 0.544. The van der Waals surface area contributed by atoms with Gasteiger partial charge in [-0.2, -0.15) is 0 Å². The van der Waals surface area contributed by atoms with E-state index < -0.39 is 5.38 Å². The normalized spacial score (nSPS) is 33.9. The Kier molecular flexibility index (Phi) is 3.87. The third kappa shape index (κ3) is 2.50. The number of esters is 1. The Morgan fingerprint density at radius 2 is 2.15 bits per heavy atom. The summed E-state index contributed by atoms with van der Waals surface area (Å²) in [7, 11) is 0. The van der Waals surface area contributed by atoms with Crippen LogP contribution in [-0.4, -0.2) is 23.3 Å². The molecule has 2 nitrogen and oxygen atoms in total. The van der Waals surface area contributed by atoms with Gasteiger partial charge >= 0.3 is 5.97 Å². The maximum Gasteiger partial charge on any atom is 0.324 e. The fourth-order valence-electron chi connectivity index (χ4n) is 1.53. The molecule has 13 heavy (non-hydrogen) atoms. The molecule has 0 N–H and O–H groups in total. The number of hydrogen-bond donors (Lipinski definition) is 0. The summed E-state index contributed by atoms with van der Waals surface area (Å²) in [5, 5.41) is -0.554. The number of carbonyl (C=O) groups excluding carboxylic acids is 1. The van der Waals surface area contributed by atoms with Crippen LogP contribution in [0, 0.1) is 11.8 Å². The van der Waals surface area contributed by atoms with Crippen molar-refractivity contribution in [1.82, 2.24) is 0 Å². The number of hydrogen-bond acceptors (Lipinski definition) is 2. The number of alkyl halides is 2. The molecular weight excluding hydrogens is 211 g/mol. The Morgan fingerprint density at radius 3 is 2.62 bits per heavy atom. The molecule has 2 unspecified atom stereocenters. The molecule has 0 aromatic heterocycles. The van der Waals surface area contributed by atoms with E-state index in [4.69, 9.17) is 27.9 Å². The predicted molar refractivity (Wildman–Crippen MR) is 53.2 cm³/mol. The first-order chi connectivity index (χ1) is 6.06. The fourth-order valence-corrected chi connectivity index (χ4v) is 2.30. The van der Waals surface area contributed by atoms with Crippen molar-refractivity contribution < 1.29 is 9.53 Å². The zero-order valence-corrected chi connectivity index (χ0v) is 9.31. The summed E-state index contributed by atoms with van der Waals surface area (Å²) in [6, 6.07) is 0.